The van der Waals surface area contributed by atoms with Crippen LogP contribution in [0, 0.1) is 0 Å². The summed E-state index contributed by atoms with van der Waals surface area (Å²) in [6.07, 6.45) is 0.425. The van der Waals surface area contributed by atoms with Crippen LogP contribution in [0.4, 0.5) is 0 Å². The Hall–Kier alpha value is -1.84. The topological polar surface area (TPSA) is 46.6 Å². The van der Waals surface area contributed by atoms with Crippen molar-refractivity contribution in [2.75, 3.05) is 13.7 Å². The highest BCUT2D eigenvalue weighted by Gasteiger charge is 2.40. The number of Topliss-reactive ketones (excluding diaryl/α,β-unsaturated/α-hetero) is 1. The fraction of sp³-hybridized carbons (Fsp3) is 0.429. The molecule has 1 aromatic carbocycles. The normalized spacial score (nSPS) is 17.9. The molecule has 2 rings (SSSR count). The maximum absolute atomic E-state index is 12.3. The standard InChI is InChI=1S/C14H17NO3/c1-14(2)8-11(16)9-15(14)13(17)10-4-6-12(18-3)7-5-10/h4-7H,8-9H2,1-3H3. The molecule has 4 heteroatoms. The van der Waals surface area contributed by atoms with Gasteiger partial charge in [-0.2, -0.15) is 0 Å². The predicted molar refractivity (Wildman–Crippen MR) is 67.7 cm³/mol. The number of ether oxygens (including phenoxy) is 1. The van der Waals surface area contributed by atoms with Crippen molar-refractivity contribution in [2.24, 2.45) is 0 Å². The smallest absolute Gasteiger partial charge is 0.254 e. The molecule has 0 radical (unpaired) electrons. The summed E-state index contributed by atoms with van der Waals surface area (Å²) in [5.41, 5.74) is 0.187. The van der Waals surface area contributed by atoms with Crippen LogP contribution in [0.15, 0.2) is 24.3 Å². The lowest BCUT2D eigenvalue weighted by Crippen LogP contribution is -2.42. The van der Waals surface area contributed by atoms with Gasteiger partial charge in [0.25, 0.3) is 5.91 Å². The average molecular weight is 247 g/mol. The first-order valence-corrected chi connectivity index (χ1v) is 5.92. The van der Waals surface area contributed by atoms with Crippen LogP contribution in [0.5, 0.6) is 5.75 Å². The van der Waals surface area contributed by atoms with Gasteiger partial charge in [-0.25, -0.2) is 0 Å². The second-order valence-corrected chi connectivity index (χ2v) is 5.15. The molecule has 0 N–H and O–H groups in total. The highest BCUT2D eigenvalue weighted by Crippen LogP contribution is 2.28. The maximum Gasteiger partial charge on any atom is 0.254 e. The van der Waals surface area contributed by atoms with Crippen molar-refractivity contribution in [3.63, 3.8) is 0 Å². The zero-order chi connectivity index (χ0) is 13.3. The fourth-order valence-electron chi connectivity index (χ4n) is 2.26. The highest BCUT2D eigenvalue weighted by atomic mass is 16.5. The summed E-state index contributed by atoms with van der Waals surface area (Å²) in [6, 6.07) is 6.94. The molecule has 1 amide bonds. The van der Waals surface area contributed by atoms with Gasteiger partial charge < -0.3 is 9.64 Å². The lowest BCUT2D eigenvalue weighted by Gasteiger charge is -2.30. The molecule has 0 saturated carbocycles. The van der Waals surface area contributed by atoms with Gasteiger partial charge in [0.2, 0.25) is 0 Å². The van der Waals surface area contributed by atoms with Crippen molar-refractivity contribution in [1.29, 1.82) is 0 Å². The van der Waals surface area contributed by atoms with E-state index in [0.29, 0.717) is 17.7 Å². The number of nitrogens with zero attached hydrogens (tertiary/aromatic N) is 1. The Kier molecular flexibility index (Phi) is 3.11. The first-order valence-electron chi connectivity index (χ1n) is 5.92. The van der Waals surface area contributed by atoms with Crippen molar-refractivity contribution >= 4 is 11.7 Å². The predicted octanol–water partition coefficient (Wildman–Crippen LogP) is 1.89. The Balaban J connectivity index is 2.23. The van der Waals surface area contributed by atoms with Gasteiger partial charge >= 0.3 is 0 Å². The third-order valence-electron chi connectivity index (χ3n) is 3.28. The third kappa shape index (κ3) is 2.23. The summed E-state index contributed by atoms with van der Waals surface area (Å²) in [7, 11) is 1.58. The number of ketones is 1. The molecule has 0 aliphatic carbocycles. The number of benzene rings is 1. The van der Waals surface area contributed by atoms with Crippen molar-refractivity contribution in [3.8, 4) is 5.75 Å². The molecule has 1 heterocycles. The Bertz CT molecular complexity index is 476. The summed E-state index contributed by atoms with van der Waals surface area (Å²) in [4.78, 5) is 25.5. The molecule has 0 aromatic heterocycles. The lowest BCUT2D eigenvalue weighted by molar-refractivity contribution is -0.116. The van der Waals surface area contributed by atoms with Crippen LogP contribution in [0.25, 0.3) is 0 Å². The molecule has 4 nitrogen and oxygen atoms in total. The molecule has 0 bridgehead atoms. The van der Waals surface area contributed by atoms with E-state index in [1.165, 1.54) is 0 Å². The summed E-state index contributed by atoms with van der Waals surface area (Å²) in [6.45, 7) is 4.04. The van der Waals surface area contributed by atoms with E-state index in [9.17, 15) is 9.59 Å². The summed E-state index contributed by atoms with van der Waals surface area (Å²) in [5, 5.41) is 0. The molecule has 0 atom stereocenters. The Labute approximate surface area is 107 Å². The molecule has 1 fully saturated rings. The molecule has 0 unspecified atom stereocenters. The van der Waals surface area contributed by atoms with Crippen LogP contribution in [-0.2, 0) is 4.79 Å². The maximum atomic E-state index is 12.3. The van der Waals surface area contributed by atoms with Gasteiger partial charge in [0.1, 0.15) is 5.75 Å². The van der Waals surface area contributed by atoms with Crippen molar-refractivity contribution in [2.45, 2.75) is 25.8 Å². The number of hydrogen-bond donors (Lipinski definition) is 0. The Morgan fingerprint density at radius 2 is 1.89 bits per heavy atom. The van der Waals surface area contributed by atoms with Gasteiger partial charge in [-0.3, -0.25) is 9.59 Å². The van der Waals surface area contributed by atoms with Crippen LogP contribution < -0.4 is 4.74 Å². The number of rotatable bonds is 2. The van der Waals surface area contributed by atoms with Crippen molar-refractivity contribution in [1.82, 2.24) is 4.90 Å². The van der Waals surface area contributed by atoms with Gasteiger partial charge in [0.15, 0.2) is 5.78 Å². The van der Waals surface area contributed by atoms with Gasteiger partial charge in [-0.05, 0) is 38.1 Å². The molecule has 1 aliphatic rings. The largest absolute Gasteiger partial charge is 0.497 e. The first kappa shape index (κ1) is 12.6. The number of hydrogen-bond acceptors (Lipinski definition) is 3. The van der Waals surface area contributed by atoms with Crippen molar-refractivity contribution < 1.29 is 14.3 Å². The zero-order valence-corrected chi connectivity index (χ0v) is 10.9. The van der Waals surface area contributed by atoms with Gasteiger partial charge in [0, 0.05) is 17.5 Å². The molecule has 96 valence electrons. The fourth-order valence-corrected chi connectivity index (χ4v) is 2.26. The third-order valence-corrected chi connectivity index (χ3v) is 3.28. The first-order chi connectivity index (χ1) is 8.44. The van der Waals surface area contributed by atoms with Gasteiger partial charge in [-0.1, -0.05) is 0 Å². The second-order valence-electron chi connectivity index (χ2n) is 5.15. The van der Waals surface area contributed by atoms with E-state index >= 15 is 0 Å². The molecule has 1 saturated heterocycles. The zero-order valence-electron chi connectivity index (χ0n) is 10.9. The van der Waals surface area contributed by atoms with Crippen LogP contribution in [-0.4, -0.2) is 35.8 Å². The summed E-state index contributed by atoms with van der Waals surface area (Å²) in [5.74, 6) is 0.721. The minimum Gasteiger partial charge on any atom is -0.497 e. The molecule has 1 aliphatic heterocycles. The van der Waals surface area contributed by atoms with Crippen LogP contribution in [0.1, 0.15) is 30.6 Å². The van der Waals surface area contributed by atoms with E-state index in [4.69, 9.17) is 4.74 Å². The number of likely N-dealkylation sites (tertiary alicyclic amines) is 1. The van der Waals surface area contributed by atoms with Crippen LogP contribution in [0.3, 0.4) is 0 Å². The molecule has 18 heavy (non-hydrogen) atoms. The number of amides is 1. The van der Waals surface area contributed by atoms with E-state index in [2.05, 4.69) is 0 Å². The van der Waals surface area contributed by atoms with E-state index in [1.54, 1.807) is 36.3 Å². The quantitative estimate of drug-likeness (QED) is 0.801. The minimum atomic E-state index is -0.395. The van der Waals surface area contributed by atoms with Crippen molar-refractivity contribution in [3.05, 3.63) is 29.8 Å². The number of carbonyl (C=O) groups excluding carboxylic acids is 2. The summed E-state index contributed by atoms with van der Waals surface area (Å²) >= 11 is 0. The van der Waals surface area contributed by atoms with E-state index < -0.39 is 5.54 Å². The average Bonchev–Trinajstić information content (AvgIpc) is 2.61. The van der Waals surface area contributed by atoms with Crippen LogP contribution >= 0.6 is 0 Å². The van der Waals surface area contributed by atoms with Crippen LogP contribution in [0.2, 0.25) is 0 Å². The molecular formula is C14H17NO3. The van der Waals surface area contributed by atoms with Gasteiger partial charge in [0.05, 0.1) is 13.7 Å². The SMILES string of the molecule is COc1ccc(C(=O)N2CC(=O)CC2(C)C)cc1. The second kappa shape index (κ2) is 4.44. The molecular weight excluding hydrogens is 230 g/mol. The molecule has 0 spiro atoms. The Morgan fingerprint density at radius 3 is 2.33 bits per heavy atom. The summed E-state index contributed by atoms with van der Waals surface area (Å²) < 4.78 is 5.05. The minimum absolute atomic E-state index is 0.103. The lowest BCUT2D eigenvalue weighted by atomic mass is 10.0. The van der Waals surface area contributed by atoms with Gasteiger partial charge in [-0.15, -0.1) is 0 Å². The van der Waals surface area contributed by atoms with E-state index in [1.807, 2.05) is 13.8 Å². The molecule has 1 aromatic rings. The Morgan fingerprint density at radius 1 is 1.28 bits per heavy atom. The number of carbonyl (C=O) groups is 2. The highest BCUT2D eigenvalue weighted by molar-refractivity contribution is 5.99. The number of methoxy groups -OCH3 is 1. The van der Waals surface area contributed by atoms with E-state index in [0.717, 1.165) is 0 Å². The van der Waals surface area contributed by atoms with E-state index in [-0.39, 0.29) is 18.2 Å². The monoisotopic (exact) mass is 247 g/mol.